The van der Waals surface area contributed by atoms with Gasteiger partial charge in [-0.1, -0.05) is 23.8 Å². The number of ketones is 3. The largest absolute Gasteiger partial charge is 0.507 e. The Balaban J connectivity index is 1.52. The summed E-state index contributed by atoms with van der Waals surface area (Å²) in [6.07, 6.45) is 0.971. The summed E-state index contributed by atoms with van der Waals surface area (Å²) in [5.74, 6) is -4.58. The first-order chi connectivity index (χ1) is 19.0. The second-order valence-electron chi connectivity index (χ2n) is 11.2. The lowest BCUT2D eigenvalue weighted by atomic mass is 9.53. The van der Waals surface area contributed by atoms with Gasteiger partial charge in [-0.15, -0.1) is 0 Å². The van der Waals surface area contributed by atoms with Gasteiger partial charge < -0.3 is 24.8 Å². The van der Waals surface area contributed by atoms with Crippen LogP contribution in [0.4, 0.5) is 0 Å². The summed E-state index contributed by atoms with van der Waals surface area (Å²) in [7, 11) is 0. The highest BCUT2D eigenvalue weighted by atomic mass is 16.7. The fourth-order valence-corrected chi connectivity index (χ4v) is 7.99. The molecule has 1 saturated heterocycles. The van der Waals surface area contributed by atoms with E-state index in [0.717, 1.165) is 5.57 Å². The number of phenolic OH excluding ortho intramolecular Hbond substituents is 2. The fraction of sp³-hybridized carbons (Fsp3) is 0.219. The SMILES string of the molecule is CC1=CC(=O)C2=C(O)c3c(O)cccc3C34Oc5c(ccc6c5C(=O)c5c(O)cc(C)cc5C6=O)C23C1C(C)O4. The van der Waals surface area contributed by atoms with Crippen LogP contribution in [0.1, 0.15) is 67.9 Å². The van der Waals surface area contributed by atoms with E-state index in [1.54, 1.807) is 37.3 Å². The minimum absolute atomic E-state index is 0.00797. The quantitative estimate of drug-likeness (QED) is 0.300. The van der Waals surface area contributed by atoms with Crippen LogP contribution in [0.15, 0.2) is 59.7 Å². The van der Waals surface area contributed by atoms with E-state index >= 15 is 0 Å². The third-order valence-electron chi connectivity index (χ3n) is 9.20. The molecule has 198 valence electrons. The molecule has 2 heterocycles. The van der Waals surface area contributed by atoms with Gasteiger partial charge in [-0.25, -0.2) is 0 Å². The number of fused-ring (bicyclic) bond motifs is 5. The number of aliphatic hydroxyl groups is 1. The molecule has 3 aromatic rings. The zero-order valence-electron chi connectivity index (χ0n) is 21.7. The first kappa shape index (κ1) is 23.2. The van der Waals surface area contributed by atoms with Gasteiger partial charge in [-0.2, -0.15) is 0 Å². The van der Waals surface area contributed by atoms with Crippen LogP contribution in [0.5, 0.6) is 17.2 Å². The molecule has 5 aliphatic rings. The van der Waals surface area contributed by atoms with Crippen LogP contribution in [0, 0.1) is 12.8 Å². The number of ether oxygens (including phenoxy) is 2. The summed E-state index contributed by atoms with van der Waals surface area (Å²) < 4.78 is 13.4. The Hall–Kier alpha value is -4.69. The van der Waals surface area contributed by atoms with Crippen LogP contribution in [-0.4, -0.2) is 38.8 Å². The zero-order chi connectivity index (χ0) is 28.0. The second-order valence-corrected chi connectivity index (χ2v) is 11.2. The molecular weight excluding hydrogens is 512 g/mol. The normalized spacial score (nSPS) is 28.7. The summed E-state index contributed by atoms with van der Waals surface area (Å²) in [6, 6.07) is 10.9. The Morgan fingerprint density at radius 1 is 0.825 bits per heavy atom. The highest BCUT2D eigenvalue weighted by molar-refractivity contribution is 6.30. The molecule has 3 aliphatic carbocycles. The van der Waals surface area contributed by atoms with Crippen LogP contribution >= 0.6 is 0 Å². The molecule has 4 unspecified atom stereocenters. The molecule has 0 aromatic heterocycles. The number of rotatable bonds is 0. The lowest BCUT2D eigenvalue weighted by Gasteiger charge is -2.47. The average Bonchev–Trinajstić information content (AvgIpc) is 3.31. The first-order valence-corrected chi connectivity index (χ1v) is 13.0. The van der Waals surface area contributed by atoms with Crippen LogP contribution in [-0.2, 0) is 20.7 Å². The molecule has 2 aliphatic heterocycles. The molecule has 0 amide bonds. The number of aromatic hydroxyl groups is 2. The predicted octanol–water partition coefficient (Wildman–Crippen LogP) is 4.51. The number of aliphatic hydroxyl groups excluding tert-OH is 1. The molecule has 8 nitrogen and oxygen atoms in total. The van der Waals surface area contributed by atoms with Crippen LogP contribution < -0.4 is 4.74 Å². The van der Waals surface area contributed by atoms with Crippen LogP contribution in [0.3, 0.4) is 0 Å². The van der Waals surface area contributed by atoms with Gasteiger partial charge in [0.15, 0.2) is 11.6 Å². The summed E-state index contributed by atoms with van der Waals surface area (Å²) in [5.41, 5.74) is 0.768. The maximum absolute atomic E-state index is 14.1. The highest BCUT2D eigenvalue weighted by Gasteiger charge is 2.78. The summed E-state index contributed by atoms with van der Waals surface area (Å²) >= 11 is 0. The monoisotopic (exact) mass is 534 g/mol. The van der Waals surface area contributed by atoms with Crippen molar-refractivity contribution in [1.29, 1.82) is 0 Å². The third kappa shape index (κ3) is 2.21. The second kappa shape index (κ2) is 6.89. The van der Waals surface area contributed by atoms with Crippen LogP contribution in [0.2, 0.25) is 0 Å². The molecule has 1 fully saturated rings. The number of hydrogen-bond acceptors (Lipinski definition) is 8. The summed E-state index contributed by atoms with van der Waals surface area (Å²) in [6.45, 7) is 5.40. The van der Waals surface area contributed by atoms with E-state index in [1.165, 1.54) is 18.2 Å². The molecular formula is C32H22O8. The number of benzene rings is 3. The summed E-state index contributed by atoms with van der Waals surface area (Å²) in [4.78, 5) is 41.5. The molecule has 8 heteroatoms. The molecule has 0 bridgehead atoms. The minimum Gasteiger partial charge on any atom is -0.507 e. The van der Waals surface area contributed by atoms with Gasteiger partial charge >= 0.3 is 0 Å². The molecule has 3 N–H and O–H groups in total. The van der Waals surface area contributed by atoms with Crippen molar-refractivity contribution in [2.24, 2.45) is 5.92 Å². The molecule has 0 radical (unpaired) electrons. The van der Waals surface area contributed by atoms with Gasteiger partial charge in [0.2, 0.25) is 5.78 Å². The highest BCUT2D eigenvalue weighted by Crippen LogP contribution is 2.73. The molecule has 3 aromatic carbocycles. The van der Waals surface area contributed by atoms with E-state index in [-0.39, 0.29) is 56.4 Å². The van der Waals surface area contributed by atoms with E-state index in [9.17, 15) is 29.7 Å². The Labute approximate surface area is 227 Å². The van der Waals surface area contributed by atoms with Crippen molar-refractivity contribution in [2.75, 3.05) is 0 Å². The Kier molecular flexibility index (Phi) is 4.00. The Bertz CT molecular complexity index is 1890. The van der Waals surface area contributed by atoms with Crippen molar-refractivity contribution in [3.05, 3.63) is 104 Å². The van der Waals surface area contributed by atoms with Crippen molar-refractivity contribution in [3.63, 3.8) is 0 Å². The number of hydrogen-bond donors (Lipinski definition) is 3. The van der Waals surface area contributed by atoms with Gasteiger partial charge in [-0.3, -0.25) is 14.4 Å². The van der Waals surface area contributed by atoms with E-state index in [4.69, 9.17) is 9.47 Å². The lowest BCUT2D eigenvalue weighted by Crippen LogP contribution is -2.55. The maximum Gasteiger partial charge on any atom is 0.253 e. The van der Waals surface area contributed by atoms with Gasteiger partial charge in [-0.05, 0) is 56.7 Å². The van der Waals surface area contributed by atoms with E-state index in [0.29, 0.717) is 16.7 Å². The lowest BCUT2D eigenvalue weighted by molar-refractivity contribution is -0.189. The van der Waals surface area contributed by atoms with Crippen molar-refractivity contribution in [3.8, 4) is 17.2 Å². The topological polar surface area (TPSA) is 130 Å². The third-order valence-corrected chi connectivity index (χ3v) is 9.20. The molecule has 40 heavy (non-hydrogen) atoms. The number of carbonyl (C=O) groups excluding carboxylic acids is 3. The Morgan fingerprint density at radius 3 is 2.38 bits per heavy atom. The zero-order valence-corrected chi connectivity index (χ0v) is 21.7. The summed E-state index contributed by atoms with van der Waals surface area (Å²) in [5, 5.41) is 33.2. The van der Waals surface area contributed by atoms with E-state index in [1.807, 2.05) is 13.8 Å². The van der Waals surface area contributed by atoms with Crippen molar-refractivity contribution >= 4 is 23.1 Å². The van der Waals surface area contributed by atoms with Crippen molar-refractivity contribution in [1.82, 2.24) is 0 Å². The van der Waals surface area contributed by atoms with E-state index in [2.05, 4.69) is 0 Å². The molecule has 1 spiro atoms. The molecule has 4 atom stereocenters. The van der Waals surface area contributed by atoms with Gasteiger partial charge in [0.1, 0.15) is 28.4 Å². The van der Waals surface area contributed by atoms with Crippen molar-refractivity contribution < 1.29 is 39.2 Å². The van der Waals surface area contributed by atoms with Crippen LogP contribution in [0.25, 0.3) is 5.76 Å². The molecule has 8 rings (SSSR count). The van der Waals surface area contributed by atoms with Gasteiger partial charge in [0.25, 0.3) is 5.79 Å². The smallest absolute Gasteiger partial charge is 0.253 e. The minimum atomic E-state index is -1.73. The van der Waals surface area contributed by atoms with Gasteiger partial charge in [0, 0.05) is 28.2 Å². The first-order valence-electron chi connectivity index (χ1n) is 13.0. The van der Waals surface area contributed by atoms with Crippen molar-refractivity contribution in [2.45, 2.75) is 38.1 Å². The number of phenols is 2. The van der Waals surface area contributed by atoms with Gasteiger partial charge in [0.05, 0.1) is 28.4 Å². The standard InChI is InChI=1S/C32H22O8/c1-12-9-16-22(20(34)10-12)28(37)23-15(27(16)36)7-8-18-30(23)40-32-17-5-4-6-19(33)24(17)29(38)26-21(35)11-13(2)25(14(3)39-32)31(18,26)32/h4-11,14,25,33-34,38H,1-3H3. The fourth-order valence-electron chi connectivity index (χ4n) is 7.99. The Morgan fingerprint density at radius 2 is 1.60 bits per heavy atom. The average molecular weight is 535 g/mol. The number of aryl methyl sites for hydroxylation is 1. The van der Waals surface area contributed by atoms with E-state index < -0.39 is 40.6 Å². The number of allylic oxidation sites excluding steroid dienone is 1. The molecule has 0 saturated carbocycles. The maximum atomic E-state index is 14.1. The predicted molar refractivity (Wildman–Crippen MR) is 141 cm³/mol. The number of carbonyl (C=O) groups is 3.